The minimum absolute atomic E-state index is 0.0222. The van der Waals surface area contributed by atoms with Gasteiger partial charge in [-0.1, -0.05) is 41.4 Å². The van der Waals surface area contributed by atoms with Crippen molar-refractivity contribution in [1.82, 2.24) is 0 Å². The summed E-state index contributed by atoms with van der Waals surface area (Å²) in [6, 6.07) is 0. The first-order valence-electron chi connectivity index (χ1n) is 2.90. The van der Waals surface area contributed by atoms with Gasteiger partial charge in [0.05, 0.1) is 0 Å². The fraction of sp³-hybridized carbons (Fsp3) is 1.00. The average molecular weight is 215 g/mol. The largest absolute Gasteiger partial charge is 0.225 e. The van der Waals surface area contributed by atoms with Crippen molar-refractivity contribution in [2.45, 2.75) is 19.0 Å². The molecule has 1 aliphatic carbocycles. The fourth-order valence-electron chi connectivity index (χ4n) is 1.01. The van der Waals surface area contributed by atoms with E-state index in [0.717, 1.165) is 0 Å². The Balaban J connectivity index is 2.70. The van der Waals surface area contributed by atoms with Crippen LogP contribution in [0.25, 0.3) is 0 Å². The highest BCUT2D eigenvalue weighted by atomic mass is 79.9. The lowest BCUT2D eigenvalue weighted by Crippen LogP contribution is -2.05. The zero-order valence-electron chi connectivity index (χ0n) is 5.42. The second kappa shape index (κ2) is 1.85. The number of rotatable bonds is 1. The third-order valence-corrected chi connectivity index (χ3v) is 4.38. The molecule has 0 aromatic heterocycles. The van der Waals surface area contributed by atoms with Crippen molar-refractivity contribution in [3.8, 4) is 0 Å². The van der Waals surface area contributed by atoms with Gasteiger partial charge in [0, 0.05) is 16.7 Å². The summed E-state index contributed by atoms with van der Waals surface area (Å²) >= 11 is 8.73. The molecule has 1 saturated carbocycles. The van der Waals surface area contributed by atoms with Gasteiger partial charge < -0.3 is 0 Å². The van der Waals surface area contributed by atoms with Crippen LogP contribution in [-0.4, -0.2) is 10.5 Å². The van der Waals surface area contributed by atoms with Gasteiger partial charge >= 0.3 is 0 Å². The Kier molecular flexibility index (Phi) is 1.60. The minimum Gasteiger partial charge on any atom is -0.225 e. The predicted octanol–water partition coefficient (Wildman–Crippen LogP) is 2.94. The normalized spacial score (nSPS) is 57.7. The van der Waals surface area contributed by atoms with Gasteiger partial charge in [-0.2, -0.15) is 0 Å². The summed E-state index contributed by atoms with van der Waals surface area (Å²) in [4.78, 5) is 0. The molecule has 1 rings (SSSR count). The second-order valence-corrected chi connectivity index (χ2v) is 4.01. The smallest absolute Gasteiger partial charge is 0.193 e. The Labute approximate surface area is 67.9 Å². The summed E-state index contributed by atoms with van der Waals surface area (Å²) in [5, 5.41) is -0.822. The first kappa shape index (κ1) is 7.80. The summed E-state index contributed by atoms with van der Waals surface area (Å²) in [6.45, 7) is 3.67. The first-order valence-corrected chi connectivity index (χ1v) is 4.40. The van der Waals surface area contributed by atoms with Crippen molar-refractivity contribution in [3.05, 3.63) is 0 Å². The SMILES string of the molecule is C[C@@H]1[C@@](F)(Cl)[C@]1(C)CBr. The lowest BCUT2D eigenvalue weighted by atomic mass is 10.1. The van der Waals surface area contributed by atoms with Crippen molar-refractivity contribution >= 4 is 27.5 Å². The minimum atomic E-state index is -1.46. The number of hydrogen-bond acceptors (Lipinski definition) is 0. The van der Waals surface area contributed by atoms with E-state index in [9.17, 15) is 4.39 Å². The zero-order chi connectivity index (χ0) is 7.28. The Hall–Kier alpha value is 0.700. The predicted molar refractivity (Wildman–Crippen MR) is 40.8 cm³/mol. The topological polar surface area (TPSA) is 0 Å². The highest BCUT2D eigenvalue weighted by molar-refractivity contribution is 9.09. The van der Waals surface area contributed by atoms with Crippen LogP contribution in [0.5, 0.6) is 0 Å². The maximum atomic E-state index is 13.0. The molecule has 1 aliphatic rings. The summed E-state index contributed by atoms with van der Waals surface area (Å²) < 4.78 is 13.0. The summed E-state index contributed by atoms with van der Waals surface area (Å²) in [7, 11) is 0. The van der Waals surface area contributed by atoms with Crippen LogP contribution in [-0.2, 0) is 0 Å². The highest BCUT2D eigenvalue weighted by Crippen LogP contribution is 2.67. The first-order chi connectivity index (χ1) is 3.97. The number of alkyl halides is 3. The van der Waals surface area contributed by atoms with Gasteiger partial charge in [0.15, 0.2) is 5.13 Å². The molecule has 0 aromatic carbocycles. The summed E-state index contributed by atoms with van der Waals surface area (Å²) in [6.07, 6.45) is 0. The van der Waals surface area contributed by atoms with Crippen LogP contribution in [0, 0.1) is 11.3 Å². The monoisotopic (exact) mass is 214 g/mol. The van der Waals surface area contributed by atoms with Gasteiger partial charge in [-0.05, 0) is 0 Å². The van der Waals surface area contributed by atoms with E-state index in [1.807, 2.05) is 13.8 Å². The van der Waals surface area contributed by atoms with Crippen molar-refractivity contribution in [1.29, 1.82) is 0 Å². The van der Waals surface area contributed by atoms with E-state index in [4.69, 9.17) is 11.6 Å². The van der Waals surface area contributed by atoms with Gasteiger partial charge in [-0.3, -0.25) is 0 Å². The van der Waals surface area contributed by atoms with Gasteiger partial charge in [0.1, 0.15) is 0 Å². The highest BCUT2D eigenvalue weighted by Gasteiger charge is 2.72. The van der Waals surface area contributed by atoms with Crippen LogP contribution in [0.2, 0.25) is 0 Å². The molecule has 9 heavy (non-hydrogen) atoms. The maximum absolute atomic E-state index is 13.0. The lowest BCUT2D eigenvalue weighted by Gasteiger charge is -2.03. The molecule has 0 unspecified atom stereocenters. The van der Waals surface area contributed by atoms with Crippen LogP contribution in [0.1, 0.15) is 13.8 Å². The standard InChI is InChI=1S/C6H9BrClF/c1-4-5(2,3-7)6(4,8)9/h4H,3H2,1-2H3/t4-,5+,6-/m0/s1. The van der Waals surface area contributed by atoms with Crippen molar-refractivity contribution < 1.29 is 4.39 Å². The zero-order valence-corrected chi connectivity index (χ0v) is 7.76. The number of halogens is 3. The van der Waals surface area contributed by atoms with E-state index >= 15 is 0 Å². The molecule has 3 heteroatoms. The molecular formula is C6H9BrClF. The second-order valence-electron chi connectivity index (χ2n) is 2.90. The quantitative estimate of drug-likeness (QED) is 0.590. The van der Waals surface area contributed by atoms with E-state index in [1.54, 1.807) is 0 Å². The molecule has 0 bridgehead atoms. The molecule has 3 atom stereocenters. The molecule has 0 amide bonds. The van der Waals surface area contributed by atoms with E-state index in [1.165, 1.54) is 0 Å². The van der Waals surface area contributed by atoms with E-state index in [2.05, 4.69) is 15.9 Å². The van der Waals surface area contributed by atoms with Crippen LogP contribution in [0.15, 0.2) is 0 Å². The fourth-order valence-corrected chi connectivity index (χ4v) is 2.48. The molecule has 0 saturated heterocycles. The van der Waals surface area contributed by atoms with Gasteiger partial charge in [0.2, 0.25) is 0 Å². The lowest BCUT2D eigenvalue weighted by molar-refractivity contribution is 0.352. The third kappa shape index (κ3) is 0.758. The van der Waals surface area contributed by atoms with E-state index < -0.39 is 5.13 Å². The summed E-state index contributed by atoms with van der Waals surface area (Å²) in [5.74, 6) is -0.0222. The van der Waals surface area contributed by atoms with Gasteiger partial charge in [0.25, 0.3) is 0 Å². The molecule has 0 aliphatic heterocycles. The molecule has 0 nitrogen and oxygen atoms in total. The molecule has 0 aromatic rings. The van der Waals surface area contributed by atoms with Crippen LogP contribution in [0.4, 0.5) is 4.39 Å². The molecule has 0 heterocycles. The Morgan fingerprint density at radius 1 is 1.78 bits per heavy atom. The van der Waals surface area contributed by atoms with Gasteiger partial charge in [-0.25, -0.2) is 4.39 Å². The Bertz CT molecular complexity index is 137. The Morgan fingerprint density at radius 3 is 2.11 bits per heavy atom. The van der Waals surface area contributed by atoms with Crippen molar-refractivity contribution in [2.24, 2.45) is 11.3 Å². The molecule has 0 N–H and O–H groups in total. The third-order valence-electron chi connectivity index (χ3n) is 2.46. The maximum Gasteiger partial charge on any atom is 0.193 e. The average Bonchev–Trinajstić information content (AvgIpc) is 2.16. The molecular weight excluding hydrogens is 206 g/mol. The molecule has 1 fully saturated rings. The molecule has 54 valence electrons. The van der Waals surface area contributed by atoms with Crippen molar-refractivity contribution in [2.75, 3.05) is 5.33 Å². The summed E-state index contributed by atoms with van der Waals surface area (Å²) in [5.41, 5.74) is -0.339. The van der Waals surface area contributed by atoms with Gasteiger partial charge in [-0.15, -0.1) is 0 Å². The van der Waals surface area contributed by atoms with Crippen LogP contribution in [0.3, 0.4) is 0 Å². The van der Waals surface area contributed by atoms with Crippen molar-refractivity contribution in [3.63, 3.8) is 0 Å². The molecule has 0 spiro atoms. The van der Waals surface area contributed by atoms with Crippen LogP contribution < -0.4 is 0 Å². The molecule has 0 radical (unpaired) electrons. The number of hydrogen-bond donors (Lipinski definition) is 0. The van der Waals surface area contributed by atoms with E-state index in [0.29, 0.717) is 5.33 Å². The van der Waals surface area contributed by atoms with E-state index in [-0.39, 0.29) is 11.3 Å². The Morgan fingerprint density at radius 2 is 2.11 bits per heavy atom. The van der Waals surface area contributed by atoms with Crippen LogP contribution >= 0.6 is 27.5 Å².